The molecule has 2 N–H and O–H groups in total. The predicted molar refractivity (Wildman–Crippen MR) is 55.1 cm³/mol. The highest BCUT2D eigenvalue weighted by molar-refractivity contribution is 4.88. The number of aliphatic hydroxyl groups excluding tert-OH is 1. The number of hydrogen-bond acceptors (Lipinski definition) is 3. The fourth-order valence-electron chi connectivity index (χ4n) is 2.74. The number of aliphatic hydroxyl groups is 2. The van der Waals surface area contributed by atoms with Crippen molar-refractivity contribution in [3.63, 3.8) is 0 Å². The molecule has 1 aliphatic heterocycles. The maximum absolute atomic E-state index is 10.3. The molecule has 0 spiro atoms. The van der Waals surface area contributed by atoms with Gasteiger partial charge in [0.2, 0.25) is 0 Å². The third kappa shape index (κ3) is 2.47. The molecule has 1 heterocycles. The summed E-state index contributed by atoms with van der Waals surface area (Å²) >= 11 is 0. The zero-order valence-electron chi connectivity index (χ0n) is 8.78. The van der Waals surface area contributed by atoms with Gasteiger partial charge in [0.25, 0.3) is 0 Å². The van der Waals surface area contributed by atoms with Crippen molar-refractivity contribution in [1.82, 2.24) is 4.90 Å². The Balaban J connectivity index is 1.83. The van der Waals surface area contributed by atoms with Crippen molar-refractivity contribution in [1.29, 1.82) is 0 Å². The molecule has 0 amide bonds. The first-order chi connectivity index (χ1) is 6.68. The Morgan fingerprint density at radius 1 is 1.21 bits per heavy atom. The fourth-order valence-corrected chi connectivity index (χ4v) is 2.74. The van der Waals surface area contributed by atoms with Gasteiger partial charge in [0, 0.05) is 19.6 Å². The van der Waals surface area contributed by atoms with Crippen molar-refractivity contribution < 1.29 is 10.2 Å². The molecule has 0 bridgehead atoms. The van der Waals surface area contributed by atoms with Crippen LogP contribution >= 0.6 is 0 Å². The quantitative estimate of drug-likeness (QED) is 0.689. The van der Waals surface area contributed by atoms with E-state index in [0.29, 0.717) is 0 Å². The summed E-state index contributed by atoms with van der Waals surface area (Å²) in [6, 6.07) is 0. The first kappa shape index (κ1) is 10.4. The van der Waals surface area contributed by atoms with Gasteiger partial charge in [-0.25, -0.2) is 0 Å². The van der Waals surface area contributed by atoms with Crippen LogP contribution in [-0.2, 0) is 0 Å². The van der Waals surface area contributed by atoms with Crippen molar-refractivity contribution in [2.45, 2.75) is 50.2 Å². The van der Waals surface area contributed by atoms with Crippen LogP contribution in [-0.4, -0.2) is 46.5 Å². The van der Waals surface area contributed by atoms with E-state index in [0.717, 1.165) is 51.7 Å². The van der Waals surface area contributed by atoms with E-state index in [1.54, 1.807) is 0 Å². The first-order valence-electron chi connectivity index (χ1n) is 5.81. The van der Waals surface area contributed by atoms with E-state index in [9.17, 15) is 10.2 Å². The minimum absolute atomic E-state index is 0.165. The average molecular weight is 199 g/mol. The number of hydrogen-bond donors (Lipinski definition) is 2. The number of β-amino-alcohol motifs (C(OH)–C–C–N with tert-alkyl or cyclic N) is 2. The van der Waals surface area contributed by atoms with Crippen LogP contribution in [0.25, 0.3) is 0 Å². The van der Waals surface area contributed by atoms with Crippen LogP contribution in [0.4, 0.5) is 0 Å². The number of likely N-dealkylation sites (tertiary alicyclic amines) is 1. The smallest absolute Gasteiger partial charge is 0.0774 e. The predicted octanol–water partition coefficient (Wildman–Crippen LogP) is 0.748. The van der Waals surface area contributed by atoms with Gasteiger partial charge in [-0.2, -0.15) is 0 Å². The number of nitrogens with zero attached hydrogens (tertiary/aromatic N) is 1. The lowest BCUT2D eigenvalue weighted by atomic mass is 9.84. The second kappa shape index (κ2) is 4.17. The Kier molecular flexibility index (Phi) is 3.10. The highest BCUT2D eigenvalue weighted by Crippen LogP contribution is 2.29. The molecular formula is C11H21NO2. The molecule has 0 radical (unpaired) electrons. The topological polar surface area (TPSA) is 43.7 Å². The van der Waals surface area contributed by atoms with Gasteiger partial charge in [0.15, 0.2) is 0 Å². The normalized spacial score (nSPS) is 33.4. The lowest BCUT2D eigenvalue weighted by Gasteiger charge is -2.35. The molecule has 1 atom stereocenters. The summed E-state index contributed by atoms with van der Waals surface area (Å²) in [6.45, 7) is 2.47. The zero-order chi connectivity index (χ0) is 10.0. The molecule has 0 unspecified atom stereocenters. The van der Waals surface area contributed by atoms with Gasteiger partial charge in [0.05, 0.1) is 11.7 Å². The third-order valence-electron chi connectivity index (χ3n) is 3.55. The minimum Gasteiger partial charge on any atom is -0.392 e. The summed E-state index contributed by atoms with van der Waals surface area (Å²) in [6.07, 6.45) is 6.18. The van der Waals surface area contributed by atoms with E-state index < -0.39 is 5.60 Å². The Labute approximate surface area is 85.7 Å². The Morgan fingerprint density at radius 2 is 1.93 bits per heavy atom. The van der Waals surface area contributed by atoms with Crippen molar-refractivity contribution in [2.75, 3.05) is 19.6 Å². The van der Waals surface area contributed by atoms with Crippen molar-refractivity contribution in [3.05, 3.63) is 0 Å². The third-order valence-corrected chi connectivity index (χ3v) is 3.55. The van der Waals surface area contributed by atoms with Crippen LogP contribution in [0.15, 0.2) is 0 Å². The van der Waals surface area contributed by atoms with E-state index >= 15 is 0 Å². The van der Waals surface area contributed by atoms with E-state index in [1.807, 2.05) is 0 Å². The summed E-state index contributed by atoms with van der Waals surface area (Å²) in [5.74, 6) is 0. The van der Waals surface area contributed by atoms with Crippen LogP contribution < -0.4 is 0 Å². The molecule has 1 saturated heterocycles. The lowest BCUT2D eigenvalue weighted by Crippen LogP contribution is -2.43. The molecule has 1 aliphatic carbocycles. The van der Waals surface area contributed by atoms with E-state index in [-0.39, 0.29) is 6.10 Å². The Bertz CT molecular complexity index is 190. The summed E-state index contributed by atoms with van der Waals surface area (Å²) in [4.78, 5) is 2.20. The highest BCUT2D eigenvalue weighted by atomic mass is 16.3. The molecule has 0 aromatic heterocycles. The largest absolute Gasteiger partial charge is 0.392 e. The molecule has 2 rings (SSSR count). The Hall–Kier alpha value is -0.120. The van der Waals surface area contributed by atoms with Crippen molar-refractivity contribution in [2.24, 2.45) is 0 Å². The standard InChI is InChI=1S/C11H21NO2/c13-10-4-7-12(8-10)9-11(14)5-2-1-3-6-11/h10,13-14H,1-9H2/t10-/m1/s1. The van der Waals surface area contributed by atoms with Crippen molar-refractivity contribution >= 4 is 0 Å². The van der Waals surface area contributed by atoms with Gasteiger partial charge in [-0.3, -0.25) is 4.90 Å². The van der Waals surface area contributed by atoms with Gasteiger partial charge < -0.3 is 10.2 Å². The second-order valence-corrected chi connectivity index (χ2v) is 4.96. The molecule has 2 aliphatic rings. The molecule has 0 aromatic carbocycles. The summed E-state index contributed by atoms with van der Waals surface area (Å²) in [5, 5.41) is 19.7. The first-order valence-corrected chi connectivity index (χ1v) is 5.81. The molecule has 3 heteroatoms. The molecule has 82 valence electrons. The van der Waals surface area contributed by atoms with E-state index in [2.05, 4.69) is 4.90 Å². The monoisotopic (exact) mass is 199 g/mol. The summed E-state index contributed by atoms with van der Waals surface area (Å²) in [5.41, 5.74) is -0.456. The average Bonchev–Trinajstić information content (AvgIpc) is 2.51. The summed E-state index contributed by atoms with van der Waals surface area (Å²) in [7, 11) is 0. The van der Waals surface area contributed by atoms with Gasteiger partial charge in [-0.05, 0) is 19.3 Å². The molecule has 1 saturated carbocycles. The maximum Gasteiger partial charge on any atom is 0.0774 e. The molecule has 2 fully saturated rings. The van der Waals surface area contributed by atoms with E-state index in [1.165, 1.54) is 6.42 Å². The molecule has 0 aromatic rings. The van der Waals surface area contributed by atoms with E-state index in [4.69, 9.17) is 0 Å². The Morgan fingerprint density at radius 3 is 2.50 bits per heavy atom. The highest BCUT2D eigenvalue weighted by Gasteiger charge is 2.33. The van der Waals surface area contributed by atoms with Crippen LogP contribution in [0.2, 0.25) is 0 Å². The maximum atomic E-state index is 10.3. The minimum atomic E-state index is -0.456. The van der Waals surface area contributed by atoms with Crippen LogP contribution in [0, 0.1) is 0 Å². The van der Waals surface area contributed by atoms with Gasteiger partial charge in [-0.15, -0.1) is 0 Å². The molecular weight excluding hydrogens is 178 g/mol. The molecule has 3 nitrogen and oxygen atoms in total. The van der Waals surface area contributed by atoms with Gasteiger partial charge >= 0.3 is 0 Å². The summed E-state index contributed by atoms with van der Waals surface area (Å²) < 4.78 is 0. The van der Waals surface area contributed by atoms with Crippen LogP contribution in [0.5, 0.6) is 0 Å². The van der Waals surface area contributed by atoms with Gasteiger partial charge in [-0.1, -0.05) is 19.3 Å². The fraction of sp³-hybridized carbons (Fsp3) is 1.00. The van der Waals surface area contributed by atoms with Crippen LogP contribution in [0.3, 0.4) is 0 Å². The number of rotatable bonds is 2. The van der Waals surface area contributed by atoms with Gasteiger partial charge in [0.1, 0.15) is 0 Å². The second-order valence-electron chi connectivity index (χ2n) is 4.96. The SMILES string of the molecule is O[C@@H]1CCN(CC2(O)CCCCC2)C1. The van der Waals surface area contributed by atoms with Crippen molar-refractivity contribution in [3.8, 4) is 0 Å². The lowest BCUT2D eigenvalue weighted by molar-refractivity contribution is -0.0233. The zero-order valence-corrected chi connectivity index (χ0v) is 8.78. The van der Waals surface area contributed by atoms with Crippen LogP contribution in [0.1, 0.15) is 38.5 Å². The molecule has 14 heavy (non-hydrogen) atoms.